The third-order valence-corrected chi connectivity index (χ3v) is 4.46. The van der Waals surface area contributed by atoms with Gasteiger partial charge in [0.15, 0.2) is 11.0 Å². The molecule has 0 aliphatic carbocycles. The number of hydrogen-bond acceptors (Lipinski definition) is 5. The molecule has 0 fully saturated rings. The summed E-state index contributed by atoms with van der Waals surface area (Å²) in [6, 6.07) is 17.8. The fraction of sp³-hybridized carbons (Fsp3) is 0.118. The lowest BCUT2D eigenvalue weighted by Crippen LogP contribution is -2.31. The normalized spacial score (nSPS) is 10.6. The number of carbonyl (C=O) groups excluding carboxylic acids is 1. The van der Waals surface area contributed by atoms with E-state index in [0.717, 1.165) is 22.6 Å². The van der Waals surface area contributed by atoms with E-state index < -0.39 is 0 Å². The molecule has 0 unspecified atom stereocenters. The van der Waals surface area contributed by atoms with Crippen molar-refractivity contribution in [1.29, 1.82) is 0 Å². The van der Waals surface area contributed by atoms with Crippen LogP contribution in [0.25, 0.3) is 17.1 Å². The van der Waals surface area contributed by atoms with Crippen molar-refractivity contribution in [3.8, 4) is 17.1 Å². The van der Waals surface area contributed by atoms with Crippen molar-refractivity contribution in [3.05, 3.63) is 60.2 Å². The first-order chi connectivity index (χ1) is 11.7. The molecule has 7 heteroatoms. The smallest absolute Gasteiger partial charge is 0.244 e. The van der Waals surface area contributed by atoms with E-state index in [1.807, 2.05) is 66.1 Å². The Morgan fingerprint density at radius 2 is 1.83 bits per heavy atom. The highest BCUT2D eigenvalue weighted by molar-refractivity contribution is 7.99. The lowest BCUT2D eigenvalue weighted by molar-refractivity contribution is -0.118. The Labute approximate surface area is 144 Å². The van der Waals surface area contributed by atoms with Gasteiger partial charge in [0.1, 0.15) is 0 Å². The van der Waals surface area contributed by atoms with E-state index in [9.17, 15) is 4.79 Å². The van der Waals surface area contributed by atoms with E-state index in [1.54, 1.807) is 0 Å². The van der Waals surface area contributed by atoms with Crippen molar-refractivity contribution in [1.82, 2.24) is 20.2 Å². The number of amides is 1. The quantitative estimate of drug-likeness (QED) is 0.322. The van der Waals surface area contributed by atoms with Crippen LogP contribution in [-0.2, 0) is 4.79 Å². The predicted octanol–water partition coefficient (Wildman–Crippen LogP) is 2.32. The van der Waals surface area contributed by atoms with Gasteiger partial charge in [-0.2, -0.15) is 0 Å². The molecular weight excluding hydrogens is 322 g/mol. The maximum absolute atomic E-state index is 11.4. The number of hydrazine groups is 1. The molecule has 1 heterocycles. The molecule has 3 aromatic rings. The summed E-state index contributed by atoms with van der Waals surface area (Å²) in [4.78, 5) is 11.4. The fourth-order valence-electron chi connectivity index (χ4n) is 2.34. The van der Waals surface area contributed by atoms with Gasteiger partial charge in [-0.15, -0.1) is 10.2 Å². The number of hydrogen-bond donors (Lipinski definition) is 2. The number of nitrogens with zero attached hydrogens (tertiary/aromatic N) is 3. The zero-order valence-corrected chi connectivity index (χ0v) is 14.0. The molecule has 1 amide bonds. The molecule has 24 heavy (non-hydrogen) atoms. The number of para-hydroxylation sites is 1. The predicted molar refractivity (Wildman–Crippen MR) is 94.6 cm³/mol. The van der Waals surface area contributed by atoms with Crippen molar-refractivity contribution >= 4 is 17.7 Å². The van der Waals surface area contributed by atoms with Gasteiger partial charge in [-0.05, 0) is 24.6 Å². The molecule has 0 saturated heterocycles. The number of thioether (sulfide) groups is 1. The van der Waals surface area contributed by atoms with Crippen LogP contribution in [0.4, 0.5) is 0 Å². The van der Waals surface area contributed by atoms with Crippen LogP contribution in [0.3, 0.4) is 0 Å². The second-order valence-corrected chi connectivity index (χ2v) is 6.09. The second-order valence-electron chi connectivity index (χ2n) is 5.15. The van der Waals surface area contributed by atoms with Crippen LogP contribution in [0, 0.1) is 6.92 Å². The molecule has 0 saturated carbocycles. The van der Waals surface area contributed by atoms with Gasteiger partial charge in [0.25, 0.3) is 0 Å². The summed E-state index contributed by atoms with van der Waals surface area (Å²) >= 11 is 1.29. The van der Waals surface area contributed by atoms with E-state index in [2.05, 4.69) is 15.6 Å². The summed E-state index contributed by atoms with van der Waals surface area (Å²) in [5.41, 5.74) is 5.18. The summed E-state index contributed by atoms with van der Waals surface area (Å²) in [5, 5.41) is 9.27. The number of aromatic nitrogens is 3. The average molecular weight is 339 g/mol. The number of benzene rings is 2. The van der Waals surface area contributed by atoms with Crippen molar-refractivity contribution in [2.24, 2.45) is 5.84 Å². The minimum atomic E-state index is -0.264. The van der Waals surface area contributed by atoms with E-state index in [0.29, 0.717) is 5.16 Å². The Morgan fingerprint density at radius 3 is 2.54 bits per heavy atom. The third kappa shape index (κ3) is 3.32. The minimum Gasteiger partial charge on any atom is -0.294 e. The summed E-state index contributed by atoms with van der Waals surface area (Å²) < 4.78 is 1.96. The molecule has 6 nitrogen and oxygen atoms in total. The molecule has 1 aromatic heterocycles. The molecule has 3 rings (SSSR count). The van der Waals surface area contributed by atoms with Gasteiger partial charge in [0.2, 0.25) is 5.91 Å². The van der Waals surface area contributed by atoms with Crippen molar-refractivity contribution < 1.29 is 4.79 Å². The lowest BCUT2D eigenvalue weighted by Gasteiger charge is -2.11. The van der Waals surface area contributed by atoms with E-state index in [1.165, 1.54) is 11.8 Å². The van der Waals surface area contributed by atoms with E-state index >= 15 is 0 Å². The number of nitrogens with two attached hydrogens (primary N) is 1. The van der Waals surface area contributed by atoms with Crippen LogP contribution in [0.5, 0.6) is 0 Å². The van der Waals surface area contributed by atoms with E-state index in [4.69, 9.17) is 5.84 Å². The summed E-state index contributed by atoms with van der Waals surface area (Å²) in [6.45, 7) is 2.04. The molecule has 0 aliphatic heterocycles. The molecule has 0 spiro atoms. The van der Waals surface area contributed by atoms with Crippen LogP contribution < -0.4 is 11.3 Å². The van der Waals surface area contributed by atoms with E-state index in [-0.39, 0.29) is 11.7 Å². The van der Waals surface area contributed by atoms with Crippen LogP contribution in [0.15, 0.2) is 59.8 Å². The number of rotatable bonds is 5. The van der Waals surface area contributed by atoms with Gasteiger partial charge in [0, 0.05) is 11.3 Å². The minimum absolute atomic E-state index is 0.176. The van der Waals surface area contributed by atoms with Crippen molar-refractivity contribution in [2.45, 2.75) is 12.1 Å². The fourth-order valence-corrected chi connectivity index (χ4v) is 3.11. The topological polar surface area (TPSA) is 85.8 Å². The SMILES string of the molecule is Cc1ccccc1-c1nnc(SCC(=O)NN)n1-c1ccccc1. The Hall–Kier alpha value is -2.64. The first-order valence-corrected chi connectivity index (χ1v) is 8.38. The van der Waals surface area contributed by atoms with Gasteiger partial charge in [-0.3, -0.25) is 14.8 Å². The third-order valence-electron chi connectivity index (χ3n) is 3.53. The average Bonchev–Trinajstić information content (AvgIpc) is 3.04. The molecule has 0 bridgehead atoms. The molecule has 2 aromatic carbocycles. The number of carbonyl (C=O) groups is 1. The van der Waals surface area contributed by atoms with Gasteiger partial charge in [-0.25, -0.2) is 5.84 Å². The number of aryl methyl sites for hydroxylation is 1. The van der Waals surface area contributed by atoms with Crippen molar-refractivity contribution in [2.75, 3.05) is 5.75 Å². The first-order valence-electron chi connectivity index (χ1n) is 7.40. The Balaban J connectivity index is 2.08. The first kappa shape index (κ1) is 16.2. The molecule has 3 N–H and O–H groups in total. The maximum Gasteiger partial charge on any atom is 0.244 e. The Morgan fingerprint density at radius 1 is 1.12 bits per heavy atom. The highest BCUT2D eigenvalue weighted by Crippen LogP contribution is 2.29. The Kier molecular flexibility index (Phi) is 4.93. The van der Waals surface area contributed by atoms with Gasteiger partial charge in [-0.1, -0.05) is 54.2 Å². The monoisotopic (exact) mass is 339 g/mol. The zero-order chi connectivity index (χ0) is 16.9. The summed E-state index contributed by atoms with van der Waals surface area (Å²) in [5.74, 6) is 5.80. The second kappa shape index (κ2) is 7.29. The van der Waals surface area contributed by atoms with Crippen LogP contribution >= 0.6 is 11.8 Å². The van der Waals surface area contributed by atoms with Crippen molar-refractivity contribution in [3.63, 3.8) is 0 Å². The molecule has 0 atom stereocenters. The summed E-state index contributed by atoms with van der Waals surface area (Å²) in [6.07, 6.45) is 0. The highest BCUT2D eigenvalue weighted by Gasteiger charge is 2.17. The van der Waals surface area contributed by atoms with Gasteiger partial charge < -0.3 is 0 Å². The molecular formula is C17H17N5OS. The largest absolute Gasteiger partial charge is 0.294 e. The van der Waals surface area contributed by atoms with Gasteiger partial charge in [0.05, 0.1) is 5.75 Å². The number of nitrogens with one attached hydrogen (secondary N) is 1. The van der Waals surface area contributed by atoms with Gasteiger partial charge >= 0.3 is 0 Å². The maximum atomic E-state index is 11.4. The van der Waals surface area contributed by atoms with Crippen LogP contribution in [-0.4, -0.2) is 26.4 Å². The highest BCUT2D eigenvalue weighted by atomic mass is 32.2. The molecule has 0 aliphatic rings. The molecule has 0 radical (unpaired) electrons. The lowest BCUT2D eigenvalue weighted by atomic mass is 10.1. The Bertz CT molecular complexity index is 847. The summed E-state index contributed by atoms with van der Waals surface area (Å²) in [7, 11) is 0. The standard InChI is InChI=1S/C17H17N5OS/c1-12-7-5-6-10-14(12)16-20-21-17(24-11-15(23)19-18)22(16)13-8-3-2-4-9-13/h2-10H,11,18H2,1H3,(H,19,23). The zero-order valence-electron chi connectivity index (χ0n) is 13.1. The molecule has 122 valence electrons. The van der Waals surface area contributed by atoms with Crippen LogP contribution in [0.1, 0.15) is 5.56 Å². The van der Waals surface area contributed by atoms with Crippen LogP contribution in [0.2, 0.25) is 0 Å².